The number of carbonyl (C=O) groups excluding carboxylic acids is 1. The molecule has 1 aliphatic heterocycles. The van der Waals surface area contributed by atoms with Crippen molar-refractivity contribution in [1.29, 1.82) is 0 Å². The Morgan fingerprint density at radius 2 is 2.00 bits per heavy atom. The van der Waals surface area contributed by atoms with Gasteiger partial charge in [-0.1, -0.05) is 30.3 Å². The van der Waals surface area contributed by atoms with Crippen LogP contribution in [0.3, 0.4) is 0 Å². The van der Waals surface area contributed by atoms with Crippen molar-refractivity contribution in [2.45, 2.75) is 20.0 Å². The van der Waals surface area contributed by atoms with Crippen LogP contribution in [0.15, 0.2) is 48.5 Å². The number of carbonyl (C=O) groups is 1. The van der Waals surface area contributed by atoms with Gasteiger partial charge in [0.1, 0.15) is 12.4 Å². The Bertz CT molecular complexity index is 655. The zero-order valence-electron chi connectivity index (χ0n) is 12.7. The molecule has 1 saturated heterocycles. The highest BCUT2D eigenvalue weighted by molar-refractivity contribution is 5.92. The first kappa shape index (κ1) is 14.4. The molecule has 1 fully saturated rings. The van der Waals surface area contributed by atoms with Crippen LogP contribution >= 0.6 is 0 Å². The maximum Gasteiger partial charge on any atom is 0.321 e. The van der Waals surface area contributed by atoms with E-state index in [-0.39, 0.29) is 6.03 Å². The Kier molecular flexibility index (Phi) is 4.28. The number of nitrogens with zero attached hydrogens (tertiary/aromatic N) is 1. The van der Waals surface area contributed by atoms with Crippen LogP contribution in [-0.2, 0) is 6.61 Å². The lowest BCUT2D eigenvalue weighted by Gasteiger charge is -2.28. The Hall–Kier alpha value is -2.49. The maximum absolute atomic E-state index is 11.9. The maximum atomic E-state index is 11.9. The molecule has 2 aromatic carbocycles. The molecule has 0 spiro atoms. The summed E-state index contributed by atoms with van der Waals surface area (Å²) in [5.74, 6) is 0.852. The van der Waals surface area contributed by atoms with Gasteiger partial charge in [-0.15, -0.1) is 0 Å². The molecule has 0 bridgehead atoms. The Morgan fingerprint density at radius 1 is 1.18 bits per heavy atom. The van der Waals surface area contributed by atoms with Crippen molar-refractivity contribution >= 4 is 11.7 Å². The van der Waals surface area contributed by atoms with Crippen LogP contribution in [0.5, 0.6) is 5.75 Å². The fourth-order valence-electron chi connectivity index (χ4n) is 2.57. The van der Waals surface area contributed by atoms with Gasteiger partial charge in [-0.3, -0.25) is 4.90 Å². The minimum Gasteiger partial charge on any atom is -0.489 e. The molecule has 114 valence electrons. The second-order valence-electron chi connectivity index (χ2n) is 5.46. The average Bonchev–Trinajstić information content (AvgIpc) is 2.55. The second-order valence-corrected chi connectivity index (χ2v) is 5.46. The van der Waals surface area contributed by atoms with Crippen LogP contribution in [0.1, 0.15) is 17.5 Å². The highest BCUT2D eigenvalue weighted by atomic mass is 16.5. The molecule has 2 aromatic rings. The molecule has 0 saturated carbocycles. The Balaban J connectivity index is 1.70. The number of urea groups is 1. The third-order valence-electron chi connectivity index (χ3n) is 3.79. The lowest BCUT2D eigenvalue weighted by Crippen LogP contribution is -2.46. The SMILES string of the molecule is Cc1cc(N2CCCNC2=O)ccc1OCc1ccccc1. The fourth-order valence-corrected chi connectivity index (χ4v) is 2.57. The molecule has 0 aliphatic carbocycles. The summed E-state index contributed by atoms with van der Waals surface area (Å²) < 4.78 is 5.87. The van der Waals surface area contributed by atoms with Crippen molar-refractivity contribution in [2.24, 2.45) is 0 Å². The lowest BCUT2D eigenvalue weighted by atomic mass is 10.1. The normalized spacial score (nSPS) is 14.6. The lowest BCUT2D eigenvalue weighted by molar-refractivity contribution is 0.243. The smallest absolute Gasteiger partial charge is 0.321 e. The standard InChI is InChI=1S/C18H20N2O2/c1-14-12-16(20-11-5-10-19-18(20)21)8-9-17(14)22-13-15-6-3-2-4-7-15/h2-4,6-9,12H,5,10-11,13H2,1H3,(H,19,21). The summed E-state index contributed by atoms with van der Waals surface area (Å²) in [5.41, 5.74) is 3.09. The van der Waals surface area contributed by atoms with E-state index in [9.17, 15) is 4.79 Å². The Labute approximate surface area is 130 Å². The van der Waals surface area contributed by atoms with Gasteiger partial charge in [-0.05, 0) is 42.7 Å². The first-order chi connectivity index (χ1) is 10.7. The molecule has 1 N–H and O–H groups in total. The van der Waals surface area contributed by atoms with Crippen molar-refractivity contribution in [1.82, 2.24) is 5.32 Å². The molecular formula is C18H20N2O2. The van der Waals surface area contributed by atoms with Crippen molar-refractivity contribution in [3.8, 4) is 5.75 Å². The van der Waals surface area contributed by atoms with Gasteiger partial charge in [-0.25, -0.2) is 4.79 Å². The third kappa shape index (κ3) is 3.22. The predicted molar refractivity (Wildman–Crippen MR) is 87.3 cm³/mol. The quantitative estimate of drug-likeness (QED) is 0.938. The van der Waals surface area contributed by atoms with Crippen molar-refractivity contribution in [3.63, 3.8) is 0 Å². The van der Waals surface area contributed by atoms with Crippen molar-refractivity contribution < 1.29 is 9.53 Å². The van der Waals surface area contributed by atoms with Crippen LogP contribution < -0.4 is 15.0 Å². The van der Waals surface area contributed by atoms with Gasteiger partial charge >= 0.3 is 6.03 Å². The summed E-state index contributed by atoms with van der Waals surface area (Å²) in [6.45, 7) is 4.07. The van der Waals surface area contributed by atoms with Gasteiger partial charge in [0.2, 0.25) is 0 Å². The molecule has 0 unspecified atom stereocenters. The van der Waals surface area contributed by atoms with Gasteiger partial charge in [-0.2, -0.15) is 0 Å². The summed E-state index contributed by atoms with van der Waals surface area (Å²) in [6, 6.07) is 16.0. The van der Waals surface area contributed by atoms with Crippen LogP contribution in [0.4, 0.5) is 10.5 Å². The third-order valence-corrected chi connectivity index (χ3v) is 3.79. The summed E-state index contributed by atoms with van der Waals surface area (Å²) in [5, 5.41) is 2.87. The van der Waals surface area contributed by atoms with Gasteiger partial charge in [0.05, 0.1) is 0 Å². The van der Waals surface area contributed by atoms with E-state index in [2.05, 4.69) is 5.32 Å². The number of anilines is 1. The number of hydrogen-bond donors (Lipinski definition) is 1. The first-order valence-electron chi connectivity index (χ1n) is 7.57. The van der Waals surface area contributed by atoms with E-state index in [4.69, 9.17) is 4.74 Å². The van der Waals surface area contributed by atoms with E-state index in [0.717, 1.165) is 42.1 Å². The molecular weight excluding hydrogens is 276 g/mol. The van der Waals surface area contributed by atoms with E-state index >= 15 is 0 Å². The van der Waals surface area contributed by atoms with E-state index < -0.39 is 0 Å². The van der Waals surface area contributed by atoms with Crippen LogP contribution in [0.25, 0.3) is 0 Å². The highest BCUT2D eigenvalue weighted by Gasteiger charge is 2.19. The second kappa shape index (κ2) is 6.52. The van der Waals surface area contributed by atoms with E-state index in [1.165, 1.54) is 0 Å². The summed E-state index contributed by atoms with van der Waals surface area (Å²) in [4.78, 5) is 13.7. The summed E-state index contributed by atoms with van der Waals surface area (Å²) >= 11 is 0. The topological polar surface area (TPSA) is 41.6 Å². The van der Waals surface area contributed by atoms with Crippen molar-refractivity contribution in [2.75, 3.05) is 18.0 Å². The molecule has 0 atom stereocenters. The van der Waals surface area contributed by atoms with E-state index in [0.29, 0.717) is 6.61 Å². The van der Waals surface area contributed by atoms with Crippen LogP contribution in [0, 0.1) is 6.92 Å². The highest BCUT2D eigenvalue weighted by Crippen LogP contribution is 2.26. The molecule has 2 amide bonds. The van der Waals surface area contributed by atoms with E-state index in [1.54, 1.807) is 4.90 Å². The number of hydrogen-bond acceptors (Lipinski definition) is 2. The fraction of sp³-hybridized carbons (Fsp3) is 0.278. The average molecular weight is 296 g/mol. The van der Waals surface area contributed by atoms with Gasteiger partial charge in [0.15, 0.2) is 0 Å². The molecule has 4 nitrogen and oxygen atoms in total. The predicted octanol–water partition coefficient (Wildman–Crippen LogP) is 3.49. The number of amides is 2. The summed E-state index contributed by atoms with van der Waals surface area (Å²) in [6.07, 6.45) is 0.969. The van der Waals surface area contributed by atoms with Gasteiger partial charge in [0, 0.05) is 18.8 Å². The molecule has 1 heterocycles. The molecule has 3 rings (SSSR count). The van der Waals surface area contributed by atoms with Crippen LogP contribution in [-0.4, -0.2) is 19.1 Å². The minimum absolute atomic E-state index is 0.0244. The largest absolute Gasteiger partial charge is 0.489 e. The van der Waals surface area contributed by atoms with E-state index in [1.807, 2.05) is 55.5 Å². The van der Waals surface area contributed by atoms with Gasteiger partial charge < -0.3 is 10.1 Å². The molecule has 22 heavy (non-hydrogen) atoms. The molecule has 1 aliphatic rings. The van der Waals surface area contributed by atoms with Gasteiger partial charge in [0.25, 0.3) is 0 Å². The zero-order valence-corrected chi connectivity index (χ0v) is 12.7. The number of nitrogens with one attached hydrogen (secondary N) is 1. The monoisotopic (exact) mass is 296 g/mol. The number of ether oxygens (including phenoxy) is 1. The Morgan fingerprint density at radius 3 is 2.73 bits per heavy atom. The minimum atomic E-state index is -0.0244. The molecule has 4 heteroatoms. The number of aryl methyl sites for hydroxylation is 1. The summed E-state index contributed by atoms with van der Waals surface area (Å²) in [7, 11) is 0. The molecule has 0 radical (unpaired) electrons. The molecule has 0 aromatic heterocycles. The number of rotatable bonds is 4. The first-order valence-corrected chi connectivity index (χ1v) is 7.57. The van der Waals surface area contributed by atoms with Crippen molar-refractivity contribution in [3.05, 3.63) is 59.7 Å². The number of benzene rings is 2. The zero-order chi connectivity index (χ0) is 15.4. The van der Waals surface area contributed by atoms with Crippen LogP contribution in [0.2, 0.25) is 0 Å².